The van der Waals surface area contributed by atoms with Crippen LogP contribution in [0.2, 0.25) is 0 Å². The summed E-state index contributed by atoms with van der Waals surface area (Å²) in [4.78, 5) is 11.9. The third kappa shape index (κ3) is 1.39. The van der Waals surface area contributed by atoms with Gasteiger partial charge in [0.2, 0.25) is 0 Å². The molecule has 2 aromatic carbocycles. The van der Waals surface area contributed by atoms with Crippen LogP contribution in [-0.4, -0.2) is 11.1 Å². The van der Waals surface area contributed by atoms with Gasteiger partial charge in [-0.2, -0.15) is 0 Å². The molecule has 0 aliphatic heterocycles. The lowest BCUT2D eigenvalue weighted by Crippen LogP contribution is -2.34. The standard InChI is InChI=1S/C16H14O2/c17-15(18)16(13-7-2-1-3-8-13)11-10-12-6-4-5-9-14(12)16/h1-9H,10-11H2,(H,17,18)/t16-/m0/s1. The third-order valence-electron chi connectivity index (χ3n) is 3.88. The molecule has 0 spiro atoms. The maximum absolute atomic E-state index is 11.9. The number of carbonyl (C=O) groups is 1. The van der Waals surface area contributed by atoms with Gasteiger partial charge in [0.15, 0.2) is 0 Å². The van der Waals surface area contributed by atoms with E-state index in [0.29, 0.717) is 6.42 Å². The second-order valence-electron chi connectivity index (χ2n) is 4.73. The molecule has 2 heteroatoms. The summed E-state index contributed by atoms with van der Waals surface area (Å²) < 4.78 is 0. The fraction of sp³-hybridized carbons (Fsp3) is 0.188. The van der Waals surface area contributed by atoms with Crippen molar-refractivity contribution in [3.05, 3.63) is 71.3 Å². The van der Waals surface area contributed by atoms with Crippen molar-refractivity contribution in [1.29, 1.82) is 0 Å². The number of rotatable bonds is 2. The van der Waals surface area contributed by atoms with E-state index in [1.165, 1.54) is 0 Å². The van der Waals surface area contributed by atoms with Gasteiger partial charge in [0.05, 0.1) is 0 Å². The smallest absolute Gasteiger partial charge is 0.318 e. The molecule has 0 unspecified atom stereocenters. The number of benzene rings is 2. The Kier molecular flexibility index (Phi) is 2.44. The Morgan fingerprint density at radius 1 is 1.00 bits per heavy atom. The highest BCUT2D eigenvalue weighted by atomic mass is 16.4. The van der Waals surface area contributed by atoms with Crippen molar-refractivity contribution >= 4 is 5.97 Å². The summed E-state index contributed by atoms with van der Waals surface area (Å²) >= 11 is 0. The van der Waals surface area contributed by atoms with Crippen LogP contribution in [0.15, 0.2) is 54.6 Å². The quantitative estimate of drug-likeness (QED) is 0.873. The van der Waals surface area contributed by atoms with Crippen LogP contribution in [-0.2, 0) is 16.6 Å². The molecule has 0 amide bonds. The first-order chi connectivity index (χ1) is 8.75. The molecule has 0 saturated carbocycles. The topological polar surface area (TPSA) is 37.3 Å². The Morgan fingerprint density at radius 2 is 1.67 bits per heavy atom. The van der Waals surface area contributed by atoms with Gasteiger partial charge in [-0.3, -0.25) is 4.79 Å². The zero-order chi connectivity index (χ0) is 12.6. The minimum absolute atomic E-state index is 0.645. The maximum Gasteiger partial charge on any atom is 0.318 e. The molecular formula is C16H14O2. The summed E-state index contributed by atoms with van der Waals surface area (Å²) in [7, 11) is 0. The van der Waals surface area contributed by atoms with Crippen LogP contribution in [0, 0.1) is 0 Å². The zero-order valence-corrected chi connectivity index (χ0v) is 9.97. The zero-order valence-electron chi connectivity index (χ0n) is 9.97. The van der Waals surface area contributed by atoms with E-state index >= 15 is 0 Å². The average molecular weight is 238 g/mol. The van der Waals surface area contributed by atoms with E-state index in [1.54, 1.807) is 0 Å². The van der Waals surface area contributed by atoms with Crippen molar-refractivity contribution in [2.45, 2.75) is 18.3 Å². The second-order valence-corrected chi connectivity index (χ2v) is 4.73. The minimum atomic E-state index is -0.863. The van der Waals surface area contributed by atoms with E-state index in [4.69, 9.17) is 0 Å². The molecule has 1 atom stereocenters. The molecule has 1 N–H and O–H groups in total. The molecule has 0 radical (unpaired) electrons. The molecule has 0 aromatic heterocycles. The Morgan fingerprint density at radius 3 is 2.39 bits per heavy atom. The van der Waals surface area contributed by atoms with Gasteiger partial charge in [0.25, 0.3) is 0 Å². The summed E-state index contributed by atoms with van der Waals surface area (Å²) in [5, 5.41) is 9.76. The molecular weight excluding hydrogens is 224 g/mol. The van der Waals surface area contributed by atoms with Crippen molar-refractivity contribution in [1.82, 2.24) is 0 Å². The largest absolute Gasteiger partial charge is 0.480 e. The van der Waals surface area contributed by atoms with Crippen molar-refractivity contribution in [3.63, 3.8) is 0 Å². The second kappa shape index (κ2) is 3.98. The van der Waals surface area contributed by atoms with Gasteiger partial charge in [-0.05, 0) is 29.5 Å². The summed E-state index contributed by atoms with van der Waals surface area (Å²) in [6.45, 7) is 0. The number of aryl methyl sites for hydroxylation is 1. The summed E-state index contributed by atoms with van der Waals surface area (Å²) in [5.74, 6) is -0.751. The van der Waals surface area contributed by atoms with E-state index < -0.39 is 11.4 Å². The molecule has 0 saturated heterocycles. The van der Waals surface area contributed by atoms with E-state index in [-0.39, 0.29) is 0 Å². The van der Waals surface area contributed by atoms with Crippen molar-refractivity contribution < 1.29 is 9.90 Å². The molecule has 0 fully saturated rings. The normalized spacial score (nSPS) is 21.6. The Balaban J connectivity index is 2.25. The van der Waals surface area contributed by atoms with Crippen LogP contribution in [0.3, 0.4) is 0 Å². The summed E-state index contributed by atoms with van der Waals surface area (Å²) in [5.41, 5.74) is 2.12. The van der Waals surface area contributed by atoms with Gasteiger partial charge in [0, 0.05) is 0 Å². The van der Waals surface area contributed by atoms with Crippen LogP contribution in [0.4, 0.5) is 0 Å². The van der Waals surface area contributed by atoms with E-state index in [0.717, 1.165) is 23.1 Å². The Bertz CT molecular complexity index is 589. The average Bonchev–Trinajstić information content (AvgIpc) is 2.80. The molecule has 2 aromatic rings. The molecule has 0 bridgehead atoms. The van der Waals surface area contributed by atoms with Gasteiger partial charge in [-0.15, -0.1) is 0 Å². The SMILES string of the molecule is O=C(O)[C@]1(c2ccccc2)CCc2ccccc21. The Hall–Kier alpha value is -2.09. The highest BCUT2D eigenvalue weighted by Crippen LogP contribution is 2.44. The fourth-order valence-electron chi connectivity index (χ4n) is 2.98. The molecule has 1 aliphatic rings. The first kappa shape index (κ1) is 11.0. The summed E-state index contributed by atoms with van der Waals surface area (Å²) in [6.07, 6.45) is 1.48. The molecule has 3 rings (SSSR count). The molecule has 18 heavy (non-hydrogen) atoms. The Labute approximate surface area is 106 Å². The van der Waals surface area contributed by atoms with Gasteiger partial charge in [0.1, 0.15) is 5.41 Å². The van der Waals surface area contributed by atoms with Crippen LogP contribution < -0.4 is 0 Å². The molecule has 1 aliphatic carbocycles. The predicted octanol–water partition coefficient (Wildman–Crippen LogP) is 3.00. The van der Waals surface area contributed by atoms with Gasteiger partial charge < -0.3 is 5.11 Å². The predicted molar refractivity (Wildman–Crippen MR) is 69.6 cm³/mol. The van der Waals surface area contributed by atoms with Crippen molar-refractivity contribution in [2.24, 2.45) is 0 Å². The first-order valence-corrected chi connectivity index (χ1v) is 6.12. The molecule has 2 nitrogen and oxygen atoms in total. The number of fused-ring (bicyclic) bond motifs is 1. The van der Waals surface area contributed by atoms with E-state index in [9.17, 15) is 9.90 Å². The van der Waals surface area contributed by atoms with Crippen molar-refractivity contribution in [3.8, 4) is 0 Å². The van der Waals surface area contributed by atoms with Crippen molar-refractivity contribution in [2.75, 3.05) is 0 Å². The number of aliphatic carboxylic acids is 1. The number of hydrogen-bond acceptors (Lipinski definition) is 1. The highest BCUT2D eigenvalue weighted by molar-refractivity contribution is 5.87. The first-order valence-electron chi connectivity index (χ1n) is 6.12. The minimum Gasteiger partial charge on any atom is -0.480 e. The van der Waals surface area contributed by atoms with E-state index in [2.05, 4.69) is 0 Å². The van der Waals surface area contributed by atoms with Gasteiger partial charge in [-0.25, -0.2) is 0 Å². The maximum atomic E-state index is 11.9. The van der Waals surface area contributed by atoms with Gasteiger partial charge in [-0.1, -0.05) is 54.6 Å². The lowest BCUT2D eigenvalue weighted by Gasteiger charge is -2.26. The number of carboxylic acid groups (broad SMARTS) is 1. The number of hydrogen-bond donors (Lipinski definition) is 1. The summed E-state index contributed by atoms with van der Waals surface area (Å²) in [6, 6.07) is 17.4. The van der Waals surface area contributed by atoms with E-state index in [1.807, 2.05) is 54.6 Å². The van der Waals surface area contributed by atoms with Gasteiger partial charge >= 0.3 is 5.97 Å². The van der Waals surface area contributed by atoms with Crippen LogP contribution in [0.5, 0.6) is 0 Å². The fourth-order valence-corrected chi connectivity index (χ4v) is 2.98. The number of carboxylic acids is 1. The van der Waals surface area contributed by atoms with Crippen LogP contribution >= 0.6 is 0 Å². The molecule has 90 valence electrons. The highest BCUT2D eigenvalue weighted by Gasteiger charge is 2.46. The van der Waals surface area contributed by atoms with Crippen LogP contribution in [0.25, 0.3) is 0 Å². The molecule has 0 heterocycles. The lowest BCUT2D eigenvalue weighted by atomic mass is 9.75. The van der Waals surface area contributed by atoms with Crippen LogP contribution in [0.1, 0.15) is 23.1 Å². The third-order valence-corrected chi connectivity index (χ3v) is 3.88. The lowest BCUT2D eigenvalue weighted by molar-refractivity contribution is -0.142. The monoisotopic (exact) mass is 238 g/mol.